The van der Waals surface area contributed by atoms with Crippen LogP contribution in [0.4, 0.5) is 0 Å². The summed E-state index contributed by atoms with van der Waals surface area (Å²) in [5, 5.41) is 19.4. The average Bonchev–Trinajstić information content (AvgIpc) is 2.95. The van der Waals surface area contributed by atoms with Crippen molar-refractivity contribution >= 4 is 23.4 Å². The Morgan fingerprint density at radius 1 is 1.36 bits per heavy atom. The van der Waals surface area contributed by atoms with Crippen molar-refractivity contribution in [2.45, 2.75) is 13.8 Å². The van der Waals surface area contributed by atoms with Gasteiger partial charge in [0.1, 0.15) is 4.88 Å². The smallest absolute Gasteiger partial charge is 0.390 e. The Morgan fingerprint density at radius 2 is 2.12 bits per heavy atom. The molecule has 0 saturated heterocycles. The first-order valence-electron chi connectivity index (χ1n) is 7.44. The molecule has 0 saturated carbocycles. The molecule has 0 atom stereocenters. The second kappa shape index (κ2) is 7.18. The van der Waals surface area contributed by atoms with Crippen molar-refractivity contribution < 1.29 is 9.67 Å². The fourth-order valence-electron chi connectivity index (χ4n) is 2.33. The quantitative estimate of drug-likeness (QED) is 0.326. The predicted octanol–water partition coefficient (Wildman–Crippen LogP) is 0.866. The maximum absolute atomic E-state index is 11.9. The van der Waals surface area contributed by atoms with Crippen molar-refractivity contribution in [3.63, 3.8) is 0 Å². The number of aromatic nitrogens is 3. The zero-order chi connectivity index (χ0) is 17.8. The van der Waals surface area contributed by atoms with Crippen LogP contribution >= 0.6 is 11.3 Å². The van der Waals surface area contributed by atoms with Gasteiger partial charge in [0, 0.05) is 23.9 Å². The van der Waals surface area contributed by atoms with E-state index in [1.807, 2.05) is 36.9 Å². The molecule has 3 rings (SSSR count). The molecule has 0 bridgehead atoms. The fraction of sp³-hybridized carbons (Fsp3) is 0.118. The lowest BCUT2D eigenvalue weighted by atomic mass is 10.2. The SMILES string of the molecule is Cc1cc(C)c[n+](-c2[nH]c(=O)sc2/C=N/N=C([O-])c2cccnc2)c1. The van der Waals surface area contributed by atoms with Crippen LogP contribution in [0.15, 0.2) is 58.0 Å². The minimum atomic E-state index is -0.493. The van der Waals surface area contributed by atoms with Crippen molar-refractivity contribution in [2.24, 2.45) is 10.2 Å². The summed E-state index contributed by atoms with van der Waals surface area (Å²) in [6, 6.07) is 5.30. The van der Waals surface area contributed by atoms with E-state index in [4.69, 9.17) is 0 Å². The highest BCUT2D eigenvalue weighted by atomic mass is 32.1. The van der Waals surface area contributed by atoms with Crippen molar-refractivity contribution in [3.8, 4) is 5.82 Å². The Labute approximate surface area is 147 Å². The third kappa shape index (κ3) is 4.04. The summed E-state index contributed by atoms with van der Waals surface area (Å²) in [5.41, 5.74) is 2.48. The summed E-state index contributed by atoms with van der Waals surface area (Å²) in [6.07, 6.45) is 8.20. The summed E-state index contributed by atoms with van der Waals surface area (Å²) < 4.78 is 1.83. The van der Waals surface area contributed by atoms with Crippen molar-refractivity contribution in [1.82, 2.24) is 9.97 Å². The van der Waals surface area contributed by atoms with E-state index in [1.54, 1.807) is 18.3 Å². The molecule has 0 aliphatic heterocycles. The van der Waals surface area contributed by atoms with Gasteiger partial charge >= 0.3 is 10.7 Å². The Kier molecular flexibility index (Phi) is 4.80. The van der Waals surface area contributed by atoms with Gasteiger partial charge in [0.2, 0.25) is 0 Å². The molecule has 0 aromatic carbocycles. The third-order valence-electron chi connectivity index (χ3n) is 3.29. The monoisotopic (exact) mass is 353 g/mol. The van der Waals surface area contributed by atoms with E-state index in [-0.39, 0.29) is 4.87 Å². The summed E-state index contributed by atoms with van der Waals surface area (Å²) in [5.74, 6) is 0.0995. The lowest BCUT2D eigenvalue weighted by Crippen LogP contribution is -2.33. The number of nitrogens with zero attached hydrogens (tertiary/aromatic N) is 4. The molecule has 0 aliphatic carbocycles. The number of pyridine rings is 2. The van der Waals surface area contributed by atoms with Crippen LogP contribution in [-0.2, 0) is 0 Å². The number of aromatic amines is 1. The minimum absolute atomic E-state index is 0.207. The first-order chi connectivity index (χ1) is 12.0. The third-order valence-corrected chi connectivity index (χ3v) is 4.09. The maximum atomic E-state index is 11.9. The normalized spacial score (nSPS) is 12.0. The molecule has 1 N–H and O–H groups in total. The van der Waals surface area contributed by atoms with Gasteiger partial charge in [0.25, 0.3) is 0 Å². The molecule has 0 spiro atoms. The molecule has 0 radical (unpaired) electrons. The zero-order valence-electron chi connectivity index (χ0n) is 13.6. The second-order valence-electron chi connectivity index (χ2n) is 5.42. The number of hydrogen-bond acceptors (Lipinski definition) is 6. The highest BCUT2D eigenvalue weighted by Gasteiger charge is 2.16. The van der Waals surface area contributed by atoms with Crippen LogP contribution in [0.3, 0.4) is 0 Å². The van der Waals surface area contributed by atoms with Crippen molar-refractivity contribution in [1.29, 1.82) is 0 Å². The zero-order valence-corrected chi connectivity index (χ0v) is 14.4. The first-order valence-corrected chi connectivity index (χ1v) is 8.26. The summed E-state index contributed by atoms with van der Waals surface area (Å²) in [4.78, 5) is 18.8. The Bertz CT molecular complexity index is 985. The lowest BCUT2D eigenvalue weighted by Gasteiger charge is -2.06. The molecule has 25 heavy (non-hydrogen) atoms. The number of rotatable bonds is 4. The number of aryl methyl sites for hydroxylation is 2. The minimum Gasteiger partial charge on any atom is -0.857 e. The van der Waals surface area contributed by atoms with Crippen LogP contribution in [0, 0.1) is 13.8 Å². The molecule has 7 nitrogen and oxygen atoms in total. The van der Waals surface area contributed by atoms with Gasteiger partial charge in [-0.25, -0.2) is 9.36 Å². The second-order valence-corrected chi connectivity index (χ2v) is 6.43. The summed E-state index contributed by atoms with van der Waals surface area (Å²) >= 11 is 1.00. The van der Waals surface area contributed by atoms with E-state index < -0.39 is 5.90 Å². The van der Waals surface area contributed by atoms with Gasteiger partial charge in [-0.15, -0.1) is 0 Å². The summed E-state index contributed by atoms with van der Waals surface area (Å²) in [6.45, 7) is 3.95. The number of nitrogens with one attached hydrogen (secondary N) is 1. The molecular weight excluding hydrogens is 338 g/mol. The summed E-state index contributed by atoms with van der Waals surface area (Å²) in [7, 11) is 0. The Balaban J connectivity index is 1.92. The molecule has 3 aromatic heterocycles. The van der Waals surface area contributed by atoms with Crippen molar-refractivity contribution in [2.75, 3.05) is 0 Å². The molecule has 0 aliphatic rings. The Morgan fingerprint density at radius 3 is 2.80 bits per heavy atom. The molecule has 126 valence electrons. The van der Waals surface area contributed by atoms with E-state index in [0.29, 0.717) is 16.3 Å². The van der Waals surface area contributed by atoms with Gasteiger partial charge in [-0.3, -0.25) is 4.98 Å². The van der Waals surface area contributed by atoms with E-state index in [2.05, 4.69) is 20.2 Å². The van der Waals surface area contributed by atoms with Gasteiger partial charge in [0.05, 0.1) is 18.6 Å². The van der Waals surface area contributed by atoms with Gasteiger partial charge < -0.3 is 5.11 Å². The van der Waals surface area contributed by atoms with Gasteiger partial charge in [0.15, 0.2) is 0 Å². The number of thiazole rings is 1. The molecule has 3 heterocycles. The van der Waals surface area contributed by atoms with Gasteiger partial charge in [-0.1, -0.05) is 6.07 Å². The van der Waals surface area contributed by atoms with E-state index >= 15 is 0 Å². The number of H-pyrrole nitrogens is 1. The van der Waals surface area contributed by atoms with E-state index in [0.717, 1.165) is 22.5 Å². The number of hydrogen-bond donors (Lipinski definition) is 1. The largest absolute Gasteiger partial charge is 0.857 e. The van der Waals surface area contributed by atoms with Crippen LogP contribution in [0.25, 0.3) is 5.82 Å². The topological polar surface area (TPSA) is 97.4 Å². The average molecular weight is 353 g/mol. The van der Waals surface area contributed by atoms with Crippen LogP contribution in [0.2, 0.25) is 0 Å². The highest BCUT2D eigenvalue weighted by Crippen LogP contribution is 2.08. The lowest BCUT2D eigenvalue weighted by molar-refractivity contribution is -0.600. The van der Waals surface area contributed by atoms with Crippen LogP contribution < -0.4 is 14.5 Å². The van der Waals surface area contributed by atoms with Crippen molar-refractivity contribution in [3.05, 3.63) is 74.2 Å². The molecule has 0 amide bonds. The predicted molar refractivity (Wildman–Crippen MR) is 94.3 cm³/mol. The fourth-order valence-corrected chi connectivity index (χ4v) is 3.03. The van der Waals surface area contributed by atoms with Gasteiger partial charge in [-0.2, -0.15) is 15.2 Å². The molecule has 0 unspecified atom stereocenters. The Hall–Kier alpha value is -3.13. The standard InChI is InChI=1S/C17H15N5O2S/c1-11-6-12(2)10-22(9-11)15-14(25-17(24)20-15)8-19-21-16(23)13-4-3-5-18-7-13/h3-10H,1-2H3,(H-,19,20,21,23,24). The van der Waals surface area contributed by atoms with Crippen LogP contribution in [0.5, 0.6) is 0 Å². The molecule has 3 aromatic rings. The van der Waals surface area contributed by atoms with Gasteiger partial charge in [-0.05, 0) is 48.4 Å². The first kappa shape index (κ1) is 16.7. The molecule has 8 heteroatoms. The van der Waals surface area contributed by atoms with E-state index in [9.17, 15) is 9.90 Å². The van der Waals surface area contributed by atoms with Crippen LogP contribution in [0.1, 0.15) is 21.6 Å². The highest BCUT2D eigenvalue weighted by molar-refractivity contribution is 7.11. The van der Waals surface area contributed by atoms with E-state index in [1.165, 1.54) is 12.4 Å². The van der Waals surface area contributed by atoms with Crippen LogP contribution in [-0.4, -0.2) is 22.1 Å². The maximum Gasteiger partial charge on any atom is 0.390 e. The molecular formula is C17H15N5O2S. The molecule has 0 fully saturated rings.